The largest absolute Gasteiger partial charge is 0.493 e. The smallest absolute Gasteiger partial charge is 0.225 e. The zero-order chi connectivity index (χ0) is 15.7. The fraction of sp³-hybridized carbons (Fsp3) is 0.312. The lowest BCUT2D eigenvalue weighted by Crippen LogP contribution is -2.22. The average molecular weight is 319 g/mol. The van der Waals surface area contributed by atoms with Gasteiger partial charge in [0, 0.05) is 17.2 Å². The molecule has 3 rings (SSSR count). The van der Waals surface area contributed by atoms with Gasteiger partial charge in [0.1, 0.15) is 0 Å². The molecule has 0 saturated heterocycles. The zero-order valence-electron chi connectivity index (χ0n) is 12.6. The van der Waals surface area contributed by atoms with Crippen LogP contribution in [0.15, 0.2) is 23.6 Å². The minimum Gasteiger partial charge on any atom is -0.493 e. The monoisotopic (exact) mass is 319 g/mol. The molecule has 1 aliphatic rings. The van der Waals surface area contributed by atoms with Crippen molar-refractivity contribution in [3.63, 3.8) is 0 Å². The van der Waals surface area contributed by atoms with E-state index in [0.717, 1.165) is 16.1 Å². The van der Waals surface area contributed by atoms with Crippen LogP contribution in [0.1, 0.15) is 22.8 Å². The van der Waals surface area contributed by atoms with Crippen LogP contribution in [0.2, 0.25) is 0 Å². The maximum absolute atomic E-state index is 11.9. The Balaban J connectivity index is 2.11. The Morgan fingerprint density at radius 3 is 2.41 bits per heavy atom. The van der Waals surface area contributed by atoms with Crippen molar-refractivity contribution in [2.75, 3.05) is 26.6 Å². The summed E-state index contributed by atoms with van der Waals surface area (Å²) in [7, 11) is 4.75. The van der Waals surface area contributed by atoms with Gasteiger partial charge in [-0.2, -0.15) is 0 Å². The number of benzene rings is 1. The van der Waals surface area contributed by atoms with E-state index in [4.69, 9.17) is 14.2 Å². The van der Waals surface area contributed by atoms with E-state index in [1.165, 1.54) is 0 Å². The summed E-state index contributed by atoms with van der Waals surface area (Å²) in [5, 5.41) is 4.89. The first kappa shape index (κ1) is 14.7. The van der Waals surface area contributed by atoms with Crippen molar-refractivity contribution >= 4 is 22.9 Å². The molecule has 5 nitrogen and oxygen atoms in total. The molecule has 1 N–H and O–H groups in total. The third-order valence-electron chi connectivity index (χ3n) is 3.76. The number of rotatable bonds is 4. The van der Waals surface area contributed by atoms with Crippen LogP contribution in [0, 0.1) is 0 Å². The van der Waals surface area contributed by atoms with Crippen LogP contribution in [-0.4, -0.2) is 27.2 Å². The molecule has 0 radical (unpaired) electrons. The van der Waals surface area contributed by atoms with Crippen molar-refractivity contribution in [1.82, 2.24) is 0 Å². The number of hydrogen-bond acceptors (Lipinski definition) is 5. The Kier molecular flexibility index (Phi) is 3.94. The summed E-state index contributed by atoms with van der Waals surface area (Å²) in [6, 6.07) is 5.75. The Hall–Kier alpha value is -2.21. The van der Waals surface area contributed by atoms with E-state index in [0.29, 0.717) is 23.7 Å². The van der Waals surface area contributed by atoms with Crippen LogP contribution in [0.4, 0.5) is 5.69 Å². The average Bonchev–Trinajstić information content (AvgIpc) is 3.00. The molecule has 0 aliphatic carbocycles. The molecule has 116 valence electrons. The van der Waals surface area contributed by atoms with Gasteiger partial charge in [-0.05, 0) is 29.1 Å². The number of thiophene rings is 1. The first-order valence-corrected chi connectivity index (χ1v) is 7.73. The number of hydrogen-bond donors (Lipinski definition) is 1. The van der Waals surface area contributed by atoms with Crippen LogP contribution < -0.4 is 19.5 Å². The number of carbonyl (C=O) groups excluding carboxylic acids is 1. The van der Waals surface area contributed by atoms with Gasteiger partial charge in [-0.1, -0.05) is 0 Å². The molecule has 22 heavy (non-hydrogen) atoms. The Labute approximate surface area is 132 Å². The molecule has 1 aromatic carbocycles. The van der Waals surface area contributed by atoms with Crippen molar-refractivity contribution in [2.45, 2.75) is 12.3 Å². The van der Waals surface area contributed by atoms with Crippen LogP contribution >= 0.6 is 11.3 Å². The predicted molar refractivity (Wildman–Crippen MR) is 85.5 cm³/mol. The molecule has 6 heteroatoms. The first-order valence-electron chi connectivity index (χ1n) is 6.85. The van der Waals surface area contributed by atoms with Gasteiger partial charge >= 0.3 is 0 Å². The summed E-state index contributed by atoms with van der Waals surface area (Å²) in [4.78, 5) is 13.1. The first-order chi connectivity index (χ1) is 10.7. The van der Waals surface area contributed by atoms with Crippen LogP contribution in [-0.2, 0) is 4.79 Å². The van der Waals surface area contributed by atoms with Crippen molar-refractivity contribution in [3.8, 4) is 17.2 Å². The van der Waals surface area contributed by atoms with Gasteiger partial charge in [0.15, 0.2) is 11.5 Å². The third-order valence-corrected chi connectivity index (χ3v) is 4.80. The van der Waals surface area contributed by atoms with Gasteiger partial charge < -0.3 is 19.5 Å². The minimum atomic E-state index is -0.00236. The van der Waals surface area contributed by atoms with Gasteiger partial charge in [-0.25, -0.2) is 0 Å². The number of ether oxygens (including phenoxy) is 3. The van der Waals surface area contributed by atoms with Crippen molar-refractivity contribution in [2.24, 2.45) is 0 Å². The van der Waals surface area contributed by atoms with E-state index in [-0.39, 0.29) is 11.8 Å². The summed E-state index contributed by atoms with van der Waals surface area (Å²) in [5.41, 5.74) is 1.87. The highest BCUT2D eigenvalue weighted by Gasteiger charge is 2.29. The topological polar surface area (TPSA) is 56.8 Å². The molecule has 2 heterocycles. The van der Waals surface area contributed by atoms with E-state index in [1.807, 2.05) is 23.6 Å². The quantitative estimate of drug-likeness (QED) is 0.940. The molecular weight excluding hydrogens is 302 g/mol. The molecule has 1 amide bonds. The Morgan fingerprint density at radius 2 is 1.82 bits per heavy atom. The van der Waals surface area contributed by atoms with Gasteiger partial charge in [0.05, 0.1) is 27.0 Å². The zero-order valence-corrected chi connectivity index (χ0v) is 13.5. The molecular formula is C16H17NO4S. The minimum absolute atomic E-state index is 0.00236. The normalized spacial score (nSPS) is 16.7. The van der Waals surface area contributed by atoms with Gasteiger partial charge in [0.25, 0.3) is 0 Å². The third kappa shape index (κ3) is 2.39. The molecule has 0 spiro atoms. The van der Waals surface area contributed by atoms with Gasteiger partial charge in [-0.15, -0.1) is 11.3 Å². The summed E-state index contributed by atoms with van der Waals surface area (Å²) in [6.45, 7) is 0. The summed E-state index contributed by atoms with van der Waals surface area (Å²) in [6.07, 6.45) is 0.409. The molecule has 1 aliphatic heterocycles. The van der Waals surface area contributed by atoms with E-state index in [9.17, 15) is 4.79 Å². The maximum Gasteiger partial charge on any atom is 0.225 e. The molecule has 1 unspecified atom stereocenters. The highest BCUT2D eigenvalue weighted by molar-refractivity contribution is 7.10. The number of amides is 1. The van der Waals surface area contributed by atoms with E-state index >= 15 is 0 Å². The summed E-state index contributed by atoms with van der Waals surface area (Å²) in [5.74, 6) is 1.77. The molecule has 2 aromatic rings. The van der Waals surface area contributed by atoms with Crippen molar-refractivity contribution in [3.05, 3.63) is 34.0 Å². The Morgan fingerprint density at radius 1 is 1.14 bits per heavy atom. The summed E-state index contributed by atoms with van der Waals surface area (Å²) >= 11 is 1.64. The lowest BCUT2D eigenvalue weighted by Gasteiger charge is -2.24. The van der Waals surface area contributed by atoms with E-state index in [1.54, 1.807) is 32.7 Å². The Bertz CT molecular complexity index is 685. The van der Waals surface area contributed by atoms with Crippen LogP contribution in [0.25, 0.3) is 0 Å². The van der Waals surface area contributed by atoms with Gasteiger partial charge in [0.2, 0.25) is 11.7 Å². The highest BCUT2D eigenvalue weighted by atomic mass is 32.1. The second kappa shape index (κ2) is 5.88. The lowest BCUT2D eigenvalue weighted by atomic mass is 9.90. The summed E-state index contributed by atoms with van der Waals surface area (Å²) < 4.78 is 16.2. The second-order valence-corrected chi connectivity index (χ2v) is 5.91. The number of methoxy groups -OCH3 is 3. The van der Waals surface area contributed by atoms with Crippen LogP contribution in [0.5, 0.6) is 17.2 Å². The lowest BCUT2D eigenvalue weighted by molar-refractivity contribution is -0.116. The fourth-order valence-electron chi connectivity index (χ4n) is 2.75. The molecule has 0 fully saturated rings. The van der Waals surface area contributed by atoms with E-state index < -0.39 is 0 Å². The fourth-order valence-corrected chi connectivity index (χ4v) is 3.73. The molecule has 1 atom stereocenters. The maximum atomic E-state index is 11.9. The van der Waals surface area contributed by atoms with Crippen molar-refractivity contribution in [1.29, 1.82) is 0 Å². The SMILES string of the molecule is COc1cc(C2CC(=O)Nc3ccsc32)cc(OC)c1OC. The van der Waals surface area contributed by atoms with Gasteiger partial charge in [-0.3, -0.25) is 4.79 Å². The van der Waals surface area contributed by atoms with E-state index in [2.05, 4.69) is 5.32 Å². The van der Waals surface area contributed by atoms with Crippen molar-refractivity contribution < 1.29 is 19.0 Å². The molecule has 0 saturated carbocycles. The number of nitrogens with one attached hydrogen (secondary N) is 1. The second-order valence-electron chi connectivity index (χ2n) is 4.96. The molecule has 1 aromatic heterocycles. The molecule has 0 bridgehead atoms. The number of anilines is 1. The number of fused-ring (bicyclic) bond motifs is 1. The number of carbonyl (C=O) groups is 1. The predicted octanol–water partition coefficient (Wildman–Crippen LogP) is 3.25. The standard InChI is InChI=1S/C16H17NO4S/c1-19-12-6-9(7-13(20-2)15(12)21-3)10-8-14(18)17-11-4-5-22-16(10)11/h4-7,10H,8H2,1-3H3,(H,17,18). The highest BCUT2D eigenvalue weighted by Crippen LogP contribution is 2.45. The van der Waals surface area contributed by atoms with Crippen LogP contribution in [0.3, 0.4) is 0 Å².